The molecule has 0 aliphatic heterocycles. The average molecular weight is 344 g/mol. The van der Waals surface area contributed by atoms with Gasteiger partial charge in [0, 0.05) is 28.3 Å². The fourth-order valence-electron chi connectivity index (χ4n) is 1.73. The van der Waals surface area contributed by atoms with Gasteiger partial charge >= 0.3 is 0 Å². The summed E-state index contributed by atoms with van der Waals surface area (Å²) < 4.78 is 0.935. The average Bonchev–Trinajstić information content (AvgIpc) is 2.33. The molecule has 5 heteroatoms. The van der Waals surface area contributed by atoms with Crippen molar-refractivity contribution in [2.75, 3.05) is 25.5 Å². The summed E-state index contributed by atoms with van der Waals surface area (Å²) in [5, 5.41) is 3.41. The molecular formula is C14H22BrN3S. The number of nitrogens with two attached hydrogens (primary N) is 1. The normalized spacial score (nSPS) is 11.1. The Hall–Kier alpha value is -0.650. The summed E-state index contributed by atoms with van der Waals surface area (Å²) in [6.07, 6.45) is 1.08. The van der Waals surface area contributed by atoms with Crippen molar-refractivity contribution < 1.29 is 0 Å². The number of nitrogens with one attached hydrogen (secondary N) is 1. The second-order valence-corrected chi connectivity index (χ2v) is 6.18. The molecule has 0 unspecified atom stereocenters. The van der Waals surface area contributed by atoms with Gasteiger partial charge in [0.25, 0.3) is 0 Å². The lowest BCUT2D eigenvalue weighted by Gasteiger charge is -2.21. The van der Waals surface area contributed by atoms with Gasteiger partial charge < -0.3 is 16.0 Å². The standard InChI is InChI=1S/C14H22BrN3S/c1-10(2)18(3)9-5-8-17-12-7-4-6-11(15)13(12)14(16)19/h4,6-7,10,17H,5,8-9H2,1-3H3,(H2,16,19). The van der Waals surface area contributed by atoms with Crippen LogP contribution in [-0.2, 0) is 0 Å². The second kappa shape index (κ2) is 7.82. The fraction of sp³-hybridized carbons (Fsp3) is 0.500. The van der Waals surface area contributed by atoms with Gasteiger partial charge in [0.2, 0.25) is 0 Å². The molecule has 0 bridgehead atoms. The lowest BCUT2D eigenvalue weighted by molar-refractivity contribution is 0.273. The predicted molar refractivity (Wildman–Crippen MR) is 90.9 cm³/mol. The third-order valence-corrected chi connectivity index (χ3v) is 4.01. The van der Waals surface area contributed by atoms with Crippen molar-refractivity contribution in [3.05, 3.63) is 28.2 Å². The van der Waals surface area contributed by atoms with Crippen molar-refractivity contribution in [1.29, 1.82) is 0 Å². The maximum absolute atomic E-state index is 5.76. The first-order valence-electron chi connectivity index (χ1n) is 6.46. The first-order chi connectivity index (χ1) is 8.93. The van der Waals surface area contributed by atoms with E-state index in [4.69, 9.17) is 18.0 Å². The Bertz CT molecular complexity index is 435. The monoisotopic (exact) mass is 343 g/mol. The van der Waals surface area contributed by atoms with Crippen molar-refractivity contribution in [1.82, 2.24) is 4.90 Å². The molecule has 0 radical (unpaired) electrons. The molecule has 0 fully saturated rings. The highest BCUT2D eigenvalue weighted by atomic mass is 79.9. The van der Waals surface area contributed by atoms with Gasteiger partial charge in [0.05, 0.1) is 0 Å². The van der Waals surface area contributed by atoms with E-state index < -0.39 is 0 Å². The number of thiocarbonyl (C=S) groups is 1. The zero-order valence-electron chi connectivity index (χ0n) is 11.7. The van der Waals surface area contributed by atoms with E-state index in [1.165, 1.54) is 0 Å². The maximum Gasteiger partial charge on any atom is 0.107 e. The molecule has 19 heavy (non-hydrogen) atoms. The highest BCUT2D eigenvalue weighted by Gasteiger charge is 2.09. The topological polar surface area (TPSA) is 41.3 Å². The molecule has 0 saturated heterocycles. The summed E-state index contributed by atoms with van der Waals surface area (Å²) in [5.41, 5.74) is 7.64. The van der Waals surface area contributed by atoms with Crippen LogP contribution in [0.25, 0.3) is 0 Å². The molecule has 3 nitrogen and oxygen atoms in total. The summed E-state index contributed by atoms with van der Waals surface area (Å²) in [6.45, 7) is 6.38. The molecule has 0 saturated carbocycles. The number of rotatable bonds is 7. The molecule has 106 valence electrons. The quantitative estimate of drug-likeness (QED) is 0.589. The summed E-state index contributed by atoms with van der Waals surface area (Å²) in [6, 6.07) is 6.52. The van der Waals surface area contributed by atoms with Crippen molar-refractivity contribution in [3.63, 3.8) is 0 Å². The van der Waals surface area contributed by atoms with Crippen LogP contribution in [0.15, 0.2) is 22.7 Å². The number of halogens is 1. The molecule has 0 spiro atoms. The first-order valence-corrected chi connectivity index (χ1v) is 7.66. The molecule has 1 aromatic carbocycles. The van der Waals surface area contributed by atoms with Gasteiger partial charge in [-0.25, -0.2) is 0 Å². The van der Waals surface area contributed by atoms with Crippen molar-refractivity contribution in [3.8, 4) is 0 Å². The zero-order valence-corrected chi connectivity index (χ0v) is 14.1. The molecular weight excluding hydrogens is 322 g/mol. The molecule has 0 aliphatic carbocycles. The largest absolute Gasteiger partial charge is 0.389 e. The molecule has 0 aliphatic rings. The lowest BCUT2D eigenvalue weighted by atomic mass is 10.1. The third kappa shape index (κ3) is 5.09. The van der Waals surface area contributed by atoms with Gasteiger partial charge in [-0.1, -0.05) is 18.3 Å². The number of benzene rings is 1. The predicted octanol–water partition coefficient (Wildman–Crippen LogP) is 3.23. The molecule has 0 amide bonds. The van der Waals surface area contributed by atoms with Gasteiger partial charge in [-0.3, -0.25) is 0 Å². The number of hydrogen-bond donors (Lipinski definition) is 2. The van der Waals surface area contributed by atoms with E-state index in [1.54, 1.807) is 0 Å². The van der Waals surface area contributed by atoms with E-state index in [1.807, 2.05) is 18.2 Å². The van der Waals surface area contributed by atoms with Crippen LogP contribution in [0.3, 0.4) is 0 Å². The molecule has 1 rings (SSSR count). The lowest BCUT2D eigenvalue weighted by Crippen LogP contribution is -2.28. The minimum atomic E-state index is 0.411. The van der Waals surface area contributed by atoms with Crippen LogP contribution in [0.2, 0.25) is 0 Å². The molecule has 1 aromatic rings. The minimum absolute atomic E-state index is 0.411. The number of hydrogen-bond acceptors (Lipinski definition) is 3. The fourth-order valence-corrected chi connectivity index (χ4v) is 2.66. The van der Waals surface area contributed by atoms with Crippen molar-refractivity contribution in [2.24, 2.45) is 5.73 Å². The van der Waals surface area contributed by atoms with E-state index in [-0.39, 0.29) is 0 Å². The van der Waals surface area contributed by atoms with Crippen LogP contribution in [0, 0.1) is 0 Å². The summed E-state index contributed by atoms with van der Waals surface area (Å²) in [4.78, 5) is 2.74. The van der Waals surface area contributed by atoms with Crippen LogP contribution in [0.5, 0.6) is 0 Å². The van der Waals surface area contributed by atoms with Gasteiger partial charge in [-0.05, 0) is 61.9 Å². The Balaban J connectivity index is 2.54. The van der Waals surface area contributed by atoms with Crippen molar-refractivity contribution >= 4 is 38.8 Å². The Kier molecular flexibility index (Phi) is 6.75. The molecule has 0 atom stereocenters. The zero-order chi connectivity index (χ0) is 14.4. The Morgan fingerprint density at radius 1 is 1.47 bits per heavy atom. The van der Waals surface area contributed by atoms with E-state index >= 15 is 0 Å². The second-order valence-electron chi connectivity index (χ2n) is 4.88. The van der Waals surface area contributed by atoms with E-state index in [2.05, 4.69) is 47.0 Å². The highest BCUT2D eigenvalue weighted by molar-refractivity contribution is 9.10. The van der Waals surface area contributed by atoms with Crippen LogP contribution in [0.1, 0.15) is 25.8 Å². The Morgan fingerprint density at radius 2 is 2.16 bits per heavy atom. The summed E-state index contributed by atoms with van der Waals surface area (Å²) >= 11 is 8.57. The number of nitrogens with zero attached hydrogens (tertiary/aromatic N) is 1. The van der Waals surface area contributed by atoms with Gasteiger partial charge in [0.15, 0.2) is 0 Å². The van der Waals surface area contributed by atoms with Crippen LogP contribution < -0.4 is 11.1 Å². The van der Waals surface area contributed by atoms with E-state index in [0.29, 0.717) is 11.0 Å². The molecule has 3 N–H and O–H groups in total. The summed E-state index contributed by atoms with van der Waals surface area (Å²) in [5.74, 6) is 0. The molecule has 0 heterocycles. The SMILES string of the molecule is CC(C)N(C)CCCNc1cccc(Br)c1C(N)=S. The number of anilines is 1. The van der Waals surface area contributed by atoms with Crippen LogP contribution in [0.4, 0.5) is 5.69 Å². The van der Waals surface area contributed by atoms with Gasteiger partial charge in [0.1, 0.15) is 4.99 Å². The molecule has 0 aromatic heterocycles. The Morgan fingerprint density at radius 3 is 2.74 bits per heavy atom. The minimum Gasteiger partial charge on any atom is -0.389 e. The summed E-state index contributed by atoms with van der Waals surface area (Å²) in [7, 11) is 2.14. The van der Waals surface area contributed by atoms with E-state index in [9.17, 15) is 0 Å². The van der Waals surface area contributed by atoms with E-state index in [0.717, 1.165) is 35.2 Å². The van der Waals surface area contributed by atoms with Gasteiger partial charge in [-0.2, -0.15) is 0 Å². The van der Waals surface area contributed by atoms with Crippen LogP contribution in [-0.4, -0.2) is 36.1 Å². The highest BCUT2D eigenvalue weighted by Crippen LogP contribution is 2.24. The maximum atomic E-state index is 5.76. The first kappa shape index (κ1) is 16.4. The van der Waals surface area contributed by atoms with Crippen molar-refractivity contribution in [2.45, 2.75) is 26.3 Å². The Labute approximate surface area is 129 Å². The van der Waals surface area contributed by atoms with Gasteiger partial charge in [-0.15, -0.1) is 0 Å². The smallest absolute Gasteiger partial charge is 0.107 e. The third-order valence-electron chi connectivity index (χ3n) is 3.14. The van der Waals surface area contributed by atoms with Crippen LogP contribution >= 0.6 is 28.1 Å².